The Balaban J connectivity index is 0.00000103. The molecule has 6 heterocycles. The number of aromatic amines is 3. The molecule has 0 spiro atoms. The van der Waals surface area contributed by atoms with Gasteiger partial charge in [0.2, 0.25) is 0 Å². The molecule has 0 aliphatic rings. The Hall–Kier alpha value is -9.09. The molecule has 6 aromatic heterocycles. The van der Waals surface area contributed by atoms with E-state index in [1.165, 1.54) is 85.4 Å². The third kappa shape index (κ3) is 31.6. The van der Waals surface area contributed by atoms with Crippen LogP contribution in [0.15, 0.2) is 237 Å². The van der Waals surface area contributed by atoms with E-state index in [9.17, 15) is 0 Å². The molecule has 9 aromatic carbocycles. The lowest BCUT2D eigenvalue weighted by Crippen LogP contribution is -1.79. The van der Waals surface area contributed by atoms with Crippen molar-refractivity contribution < 1.29 is 0 Å². The summed E-state index contributed by atoms with van der Waals surface area (Å²) in [6.45, 7) is 48.7. The summed E-state index contributed by atoms with van der Waals surface area (Å²) in [6, 6.07) is 69.3. The standard InChI is InChI=1S/2C11H10.C10H9N.C9H8S.2C8H8N2.C8H7NS.C4H6N2.8C2H6/c1-9-5-4-7-10-6-2-3-8-11(9)10;1-9-6-7-10-4-2-3-5-11(10)8-9;1-8-6-7-11-10-5-3-2-4-9(8)10;1-7-6-8-4-2-3-5-9(8)10-7;1-6-2-3-8-7(4-6)5-9-10-8;2*1-6-2-3-7-8(4-6)10-5-9-7;1-4-5-2-3-6-4;8*1-2/h2*2-8H,1H3;2-7H,1H3;2-6H,1H3;2*2-5H,1H3,(H,9,10);2-5H,1H3;2-3H,1H3,(H,5,6);8*1-2H3. The molecule has 0 unspecified atom stereocenters. The molecular weight excluding hydrogens is 1200 g/mol. The van der Waals surface area contributed by atoms with E-state index in [-0.39, 0.29) is 0 Å². The largest absolute Gasteiger partial charge is 0.349 e. The van der Waals surface area contributed by atoms with Gasteiger partial charge in [0.05, 0.1) is 50.3 Å². The van der Waals surface area contributed by atoms with Gasteiger partial charge in [0.15, 0.2) is 0 Å². The van der Waals surface area contributed by atoms with Gasteiger partial charge in [-0.05, 0) is 165 Å². The maximum atomic E-state index is 4.24. The lowest BCUT2D eigenvalue weighted by atomic mass is 10.1. The van der Waals surface area contributed by atoms with Crippen LogP contribution in [0.5, 0.6) is 0 Å². The van der Waals surface area contributed by atoms with E-state index in [2.05, 4.69) is 252 Å². The summed E-state index contributed by atoms with van der Waals surface area (Å²) in [7, 11) is 0. The summed E-state index contributed by atoms with van der Waals surface area (Å²) >= 11 is 3.54. The van der Waals surface area contributed by atoms with E-state index in [1.807, 2.05) is 183 Å². The van der Waals surface area contributed by atoms with Crippen LogP contribution in [-0.2, 0) is 0 Å². The van der Waals surface area contributed by atoms with Crippen LogP contribution in [0.2, 0.25) is 0 Å². The average Bonchev–Trinajstić information content (AvgIpc) is 2.04. The Morgan fingerprint density at radius 2 is 0.853 bits per heavy atom. The highest BCUT2D eigenvalue weighted by Crippen LogP contribution is 2.24. The fourth-order valence-corrected chi connectivity index (χ4v) is 10.2. The number of thiophene rings is 1. The number of nitrogens with one attached hydrogen (secondary N) is 3. The molecule has 0 saturated heterocycles. The summed E-state index contributed by atoms with van der Waals surface area (Å²) in [5.41, 5.74) is 15.1. The van der Waals surface area contributed by atoms with Crippen molar-refractivity contribution in [3.05, 3.63) is 281 Å². The van der Waals surface area contributed by atoms with Crippen molar-refractivity contribution in [3.63, 3.8) is 0 Å². The number of H-pyrrole nitrogens is 3. The molecule has 8 nitrogen and oxygen atoms in total. The SMILES string of the molecule is CC.CC.CC.CC.CC.CC.CC.CC.Cc1cc2ccccc2s1.Cc1ccc2[nH]ncc2c1.Cc1ccc2ccccc2c1.Cc1ccc2nc[nH]c2c1.Cc1ccc2ncsc2c1.Cc1cccc2ccccc12.Cc1ccnc2ccccc12.Cc1ncc[nH]1. The zero-order chi connectivity index (χ0) is 71.3. The zero-order valence-corrected chi connectivity index (χ0v) is 63.7. The number of thiazole rings is 1. The van der Waals surface area contributed by atoms with Crippen LogP contribution in [0.3, 0.4) is 0 Å². The third-order valence-corrected chi connectivity index (χ3v) is 14.4. The minimum atomic E-state index is 0.968. The molecule has 10 heteroatoms. The van der Waals surface area contributed by atoms with Crippen LogP contribution in [0, 0.1) is 55.4 Å². The number of nitrogens with zero attached hydrogens (tertiary/aromatic N) is 5. The van der Waals surface area contributed by atoms with Gasteiger partial charge in [0.25, 0.3) is 0 Å². The highest BCUT2D eigenvalue weighted by atomic mass is 32.1. The second-order valence-electron chi connectivity index (χ2n) is 19.1. The molecule has 15 rings (SSSR count). The Morgan fingerprint density at radius 3 is 1.46 bits per heavy atom. The fourth-order valence-electron chi connectivity index (χ4n) is 8.47. The predicted octanol–water partition coefficient (Wildman–Crippen LogP) is 27.3. The molecule has 3 N–H and O–H groups in total. The molecule has 0 radical (unpaired) electrons. The molecule has 15 aromatic rings. The molecule has 506 valence electrons. The smallest absolute Gasteiger partial charge is 0.102 e. The van der Waals surface area contributed by atoms with E-state index < -0.39 is 0 Å². The van der Waals surface area contributed by atoms with Gasteiger partial charge in [0, 0.05) is 38.9 Å². The van der Waals surface area contributed by atoms with Gasteiger partial charge in [-0.2, -0.15) is 5.10 Å². The van der Waals surface area contributed by atoms with Crippen molar-refractivity contribution in [2.45, 2.75) is 166 Å². The molecule has 0 aliphatic heterocycles. The molecule has 0 amide bonds. The first-order valence-corrected chi connectivity index (χ1v) is 35.9. The third-order valence-electron chi connectivity index (χ3n) is 12.6. The summed E-state index contributed by atoms with van der Waals surface area (Å²) in [4.78, 5) is 23.7. The number of imidazole rings is 2. The van der Waals surface area contributed by atoms with E-state index in [4.69, 9.17) is 0 Å². The second kappa shape index (κ2) is 53.3. The molecule has 0 bridgehead atoms. The van der Waals surface area contributed by atoms with Gasteiger partial charge in [-0.1, -0.05) is 261 Å². The number of hydrogen-bond donors (Lipinski definition) is 3. The average molecular weight is 1310 g/mol. The van der Waals surface area contributed by atoms with Crippen LogP contribution >= 0.6 is 22.7 Å². The van der Waals surface area contributed by atoms with E-state index in [1.54, 1.807) is 30.1 Å². The van der Waals surface area contributed by atoms with Crippen LogP contribution < -0.4 is 0 Å². The van der Waals surface area contributed by atoms with Crippen molar-refractivity contribution in [3.8, 4) is 0 Å². The first-order chi connectivity index (χ1) is 46.4. The number of aromatic nitrogens is 8. The lowest BCUT2D eigenvalue weighted by molar-refractivity contribution is 1.12. The van der Waals surface area contributed by atoms with Gasteiger partial charge in [-0.3, -0.25) is 10.1 Å². The molecule has 0 aliphatic carbocycles. The van der Waals surface area contributed by atoms with Gasteiger partial charge < -0.3 is 9.97 Å². The number of pyridine rings is 1. The van der Waals surface area contributed by atoms with Crippen molar-refractivity contribution >= 4 is 97.4 Å². The maximum absolute atomic E-state index is 4.24. The van der Waals surface area contributed by atoms with Gasteiger partial charge in [0.1, 0.15) is 5.82 Å². The minimum absolute atomic E-state index is 0.968. The Bertz CT molecular complexity index is 3980. The van der Waals surface area contributed by atoms with Gasteiger partial charge in [-0.25, -0.2) is 15.0 Å². The van der Waals surface area contributed by atoms with Crippen molar-refractivity contribution in [1.29, 1.82) is 0 Å². The van der Waals surface area contributed by atoms with Crippen molar-refractivity contribution in [1.82, 2.24) is 40.1 Å². The van der Waals surface area contributed by atoms with Crippen LogP contribution in [0.4, 0.5) is 0 Å². The van der Waals surface area contributed by atoms with Crippen molar-refractivity contribution in [2.24, 2.45) is 0 Å². The second-order valence-corrected chi connectivity index (χ2v) is 21.2. The number of para-hydroxylation sites is 1. The lowest BCUT2D eigenvalue weighted by Gasteiger charge is -1.98. The van der Waals surface area contributed by atoms with Crippen LogP contribution in [0.25, 0.3) is 74.7 Å². The highest BCUT2D eigenvalue weighted by molar-refractivity contribution is 7.19. The van der Waals surface area contributed by atoms with Crippen molar-refractivity contribution in [2.75, 3.05) is 0 Å². The number of hydrogen-bond acceptors (Lipinski definition) is 7. The summed E-state index contributed by atoms with van der Waals surface area (Å²) in [5, 5.41) is 15.9. The minimum Gasteiger partial charge on any atom is -0.349 e. The number of fused-ring (bicyclic) bond motifs is 7. The topological polar surface area (TPSA) is 112 Å². The van der Waals surface area contributed by atoms with E-state index in [0.717, 1.165) is 33.4 Å². The highest BCUT2D eigenvalue weighted by Gasteiger charge is 1.98. The van der Waals surface area contributed by atoms with Gasteiger partial charge >= 0.3 is 0 Å². The predicted molar refractivity (Wildman–Crippen MR) is 431 cm³/mol. The number of aryl methyl sites for hydroxylation is 8. The fraction of sp³-hybridized carbons (Fsp3) is 0.282. The monoisotopic (exact) mass is 1310 g/mol. The molecular formula is C85H114N8S2. The van der Waals surface area contributed by atoms with E-state index >= 15 is 0 Å². The Kier molecular flexibility index (Phi) is 48.2. The molecule has 95 heavy (non-hydrogen) atoms. The Morgan fingerprint density at radius 1 is 0.326 bits per heavy atom. The molecule has 0 fully saturated rings. The van der Waals surface area contributed by atoms with Gasteiger partial charge in [-0.15, -0.1) is 22.7 Å². The zero-order valence-electron chi connectivity index (χ0n) is 62.1. The maximum Gasteiger partial charge on any atom is 0.102 e. The van der Waals surface area contributed by atoms with Crippen LogP contribution in [0.1, 0.15) is 155 Å². The quantitative estimate of drug-likeness (QED) is 0.140. The Labute approximate surface area is 580 Å². The summed E-state index contributed by atoms with van der Waals surface area (Å²) < 4.78 is 2.67. The summed E-state index contributed by atoms with van der Waals surface area (Å²) in [6.07, 6.45) is 8.93. The summed E-state index contributed by atoms with van der Waals surface area (Å²) in [5.74, 6) is 0.968. The molecule has 0 saturated carbocycles. The number of rotatable bonds is 0. The first kappa shape index (κ1) is 85.9. The van der Waals surface area contributed by atoms with E-state index in [0.29, 0.717) is 0 Å². The van der Waals surface area contributed by atoms with Crippen LogP contribution in [-0.4, -0.2) is 40.1 Å². The molecule has 0 atom stereocenters. The first-order valence-electron chi connectivity index (χ1n) is 34.2. The normalized spacial score (nSPS) is 9.05. The number of benzene rings is 9.